The maximum absolute atomic E-state index is 10.5. The second kappa shape index (κ2) is 7.29. The Morgan fingerprint density at radius 3 is 1.79 bits per heavy atom. The molecule has 2 heterocycles. The molecule has 2 aliphatic heterocycles. The van der Waals surface area contributed by atoms with Gasteiger partial charge in [0.05, 0.1) is 31.7 Å². The summed E-state index contributed by atoms with van der Waals surface area (Å²) >= 11 is 0. The Balaban J connectivity index is 1.44. The van der Waals surface area contributed by atoms with Crippen LogP contribution in [0.5, 0.6) is 0 Å². The van der Waals surface area contributed by atoms with E-state index in [4.69, 9.17) is 0 Å². The maximum Gasteiger partial charge on any atom is 0.107 e. The summed E-state index contributed by atoms with van der Waals surface area (Å²) < 4.78 is 1.33. The van der Waals surface area contributed by atoms with Crippen molar-refractivity contribution < 1.29 is 4.48 Å². The Labute approximate surface area is 175 Å². The van der Waals surface area contributed by atoms with Gasteiger partial charge in [0, 0.05) is 31.6 Å². The molecule has 29 heavy (non-hydrogen) atoms. The first-order valence-electron chi connectivity index (χ1n) is 11.5. The van der Waals surface area contributed by atoms with Gasteiger partial charge in [-0.25, -0.2) is 0 Å². The number of benzene rings is 2. The lowest BCUT2D eigenvalue weighted by molar-refractivity contribution is -0.951. The zero-order valence-corrected chi connectivity index (χ0v) is 17.6. The molecule has 0 radical (unpaired) electrons. The lowest BCUT2D eigenvalue weighted by Gasteiger charge is -2.48. The molecule has 1 aliphatic carbocycles. The van der Waals surface area contributed by atoms with Crippen LogP contribution in [-0.4, -0.2) is 30.2 Å². The number of rotatable bonds is 6. The van der Waals surface area contributed by atoms with E-state index >= 15 is 0 Å². The molecule has 0 amide bonds. The monoisotopic (exact) mass is 385 g/mol. The van der Waals surface area contributed by atoms with Crippen LogP contribution in [0.2, 0.25) is 0 Å². The molecular formula is C27H33N2+. The van der Waals surface area contributed by atoms with Crippen LogP contribution in [0.1, 0.15) is 56.1 Å². The van der Waals surface area contributed by atoms with E-state index in [0.717, 1.165) is 35.5 Å². The van der Waals surface area contributed by atoms with Crippen molar-refractivity contribution >= 4 is 0 Å². The Morgan fingerprint density at radius 2 is 1.34 bits per heavy atom. The lowest BCUT2D eigenvalue weighted by atomic mass is 9.67. The van der Waals surface area contributed by atoms with Crippen molar-refractivity contribution in [2.75, 3.05) is 13.6 Å². The fourth-order valence-electron chi connectivity index (χ4n) is 6.63. The molecule has 5 rings (SSSR count). The van der Waals surface area contributed by atoms with E-state index in [-0.39, 0.29) is 0 Å². The van der Waals surface area contributed by atoms with E-state index in [1.807, 2.05) is 0 Å². The maximum atomic E-state index is 10.5. The van der Waals surface area contributed by atoms with Crippen LogP contribution in [0, 0.1) is 23.2 Å². The first-order valence-corrected chi connectivity index (χ1v) is 11.5. The molecule has 150 valence electrons. The molecule has 4 atom stereocenters. The van der Waals surface area contributed by atoms with Crippen LogP contribution in [0.25, 0.3) is 0 Å². The van der Waals surface area contributed by atoms with Gasteiger partial charge in [0.25, 0.3) is 0 Å². The highest BCUT2D eigenvalue weighted by Crippen LogP contribution is 2.50. The summed E-state index contributed by atoms with van der Waals surface area (Å²) in [4.78, 5) is 0. The van der Waals surface area contributed by atoms with Gasteiger partial charge >= 0.3 is 0 Å². The van der Waals surface area contributed by atoms with Gasteiger partial charge in [-0.2, -0.15) is 5.26 Å². The van der Waals surface area contributed by atoms with Crippen molar-refractivity contribution in [2.24, 2.45) is 11.8 Å². The van der Waals surface area contributed by atoms with E-state index in [1.54, 1.807) is 0 Å². The minimum Gasteiger partial charge on any atom is -0.321 e. The SMILES string of the molecule is C[N+]1(CC2CC2)[C@@H]2CC[C@H]1CC(CC(C#N)(c1ccccc1)c1ccccc1)C2. The van der Waals surface area contributed by atoms with E-state index in [2.05, 4.69) is 73.8 Å². The molecule has 0 aromatic heterocycles. The van der Waals surface area contributed by atoms with Crippen molar-refractivity contribution in [3.63, 3.8) is 0 Å². The van der Waals surface area contributed by atoms with E-state index in [1.165, 1.54) is 49.6 Å². The summed E-state index contributed by atoms with van der Waals surface area (Å²) in [6.45, 7) is 1.41. The highest BCUT2D eigenvalue weighted by atomic mass is 15.4. The van der Waals surface area contributed by atoms with E-state index in [0.29, 0.717) is 5.92 Å². The molecule has 2 aromatic rings. The van der Waals surface area contributed by atoms with E-state index < -0.39 is 5.41 Å². The quantitative estimate of drug-likeness (QED) is 0.587. The largest absolute Gasteiger partial charge is 0.321 e. The summed E-state index contributed by atoms with van der Waals surface area (Å²) in [7, 11) is 2.54. The van der Waals surface area contributed by atoms with Crippen LogP contribution in [0.4, 0.5) is 0 Å². The molecule has 2 aromatic carbocycles. The number of hydrogen-bond donors (Lipinski definition) is 0. The number of nitriles is 1. The van der Waals surface area contributed by atoms with Crippen molar-refractivity contribution in [3.05, 3.63) is 71.8 Å². The minimum atomic E-state index is -0.538. The summed E-state index contributed by atoms with van der Waals surface area (Å²) in [5, 5.41) is 10.5. The average molecular weight is 386 g/mol. The van der Waals surface area contributed by atoms with Crippen molar-refractivity contribution in [2.45, 2.75) is 62.4 Å². The molecular weight excluding hydrogens is 352 g/mol. The van der Waals surface area contributed by atoms with E-state index in [9.17, 15) is 5.26 Å². The van der Waals surface area contributed by atoms with Gasteiger partial charge in [0.15, 0.2) is 0 Å². The van der Waals surface area contributed by atoms with Gasteiger partial charge in [-0.1, -0.05) is 60.7 Å². The standard InChI is InChI=1S/C27H33N2/c1-29(19-21-12-13-21)25-14-15-26(29)17-22(16-25)18-27(20-28,23-8-4-2-5-9-23)24-10-6-3-7-11-24/h2-11,21-22,25-26H,12-19H2,1H3/q+1/t22?,25-,26+,29?. The molecule has 0 spiro atoms. The summed E-state index contributed by atoms with van der Waals surface area (Å²) in [5.41, 5.74) is 1.77. The smallest absolute Gasteiger partial charge is 0.107 e. The zero-order chi connectivity index (χ0) is 19.9. The fourth-order valence-corrected chi connectivity index (χ4v) is 6.63. The second-order valence-corrected chi connectivity index (χ2v) is 10.1. The number of piperidine rings is 1. The Morgan fingerprint density at radius 1 is 0.828 bits per heavy atom. The molecule has 1 saturated carbocycles. The zero-order valence-electron chi connectivity index (χ0n) is 17.6. The predicted molar refractivity (Wildman–Crippen MR) is 117 cm³/mol. The van der Waals surface area contributed by atoms with Gasteiger partial charge in [0.2, 0.25) is 0 Å². The van der Waals surface area contributed by atoms with Crippen LogP contribution in [0.3, 0.4) is 0 Å². The third-order valence-electron chi connectivity index (χ3n) is 8.38. The first kappa shape index (κ1) is 18.9. The van der Waals surface area contributed by atoms with Gasteiger partial charge < -0.3 is 4.48 Å². The summed E-state index contributed by atoms with van der Waals surface area (Å²) in [6.07, 6.45) is 9.23. The molecule has 2 heteroatoms. The summed E-state index contributed by atoms with van der Waals surface area (Å²) in [6, 6.07) is 25.5. The third kappa shape index (κ3) is 3.30. The first-order chi connectivity index (χ1) is 14.1. The number of hydrogen-bond acceptors (Lipinski definition) is 1. The number of nitrogens with zero attached hydrogens (tertiary/aromatic N) is 2. The number of fused-ring (bicyclic) bond motifs is 2. The predicted octanol–water partition coefficient (Wildman–Crippen LogP) is 5.68. The second-order valence-electron chi connectivity index (χ2n) is 10.1. The molecule has 2 unspecified atom stereocenters. The van der Waals surface area contributed by atoms with Crippen LogP contribution in [0.15, 0.2) is 60.7 Å². The van der Waals surface area contributed by atoms with Gasteiger partial charge in [0.1, 0.15) is 5.41 Å². The molecule has 2 nitrogen and oxygen atoms in total. The molecule has 0 N–H and O–H groups in total. The average Bonchev–Trinajstić information content (AvgIpc) is 3.55. The topological polar surface area (TPSA) is 23.8 Å². The Bertz CT molecular complexity index is 824. The highest BCUT2D eigenvalue weighted by Gasteiger charge is 2.54. The van der Waals surface area contributed by atoms with Crippen molar-refractivity contribution in [3.8, 4) is 6.07 Å². The van der Waals surface area contributed by atoms with Gasteiger partial charge in [-0.15, -0.1) is 0 Å². The molecule has 3 aliphatic rings. The Hall–Kier alpha value is -2.11. The highest BCUT2D eigenvalue weighted by molar-refractivity contribution is 5.45. The Kier molecular flexibility index (Phi) is 4.75. The molecule has 2 saturated heterocycles. The lowest BCUT2D eigenvalue weighted by Crippen LogP contribution is -2.58. The van der Waals surface area contributed by atoms with Gasteiger partial charge in [-0.3, -0.25) is 0 Å². The van der Waals surface area contributed by atoms with Crippen LogP contribution in [-0.2, 0) is 5.41 Å². The number of quaternary nitrogens is 1. The fraction of sp³-hybridized carbons (Fsp3) is 0.519. The van der Waals surface area contributed by atoms with Gasteiger partial charge in [-0.05, 0) is 36.3 Å². The van der Waals surface area contributed by atoms with Crippen molar-refractivity contribution in [1.29, 1.82) is 5.26 Å². The third-order valence-corrected chi connectivity index (χ3v) is 8.38. The van der Waals surface area contributed by atoms with Crippen LogP contribution >= 0.6 is 0 Å². The summed E-state index contributed by atoms with van der Waals surface area (Å²) in [5.74, 6) is 1.63. The van der Waals surface area contributed by atoms with Crippen LogP contribution < -0.4 is 0 Å². The molecule has 3 fully saturated rings. The van der Waals surface area contributed by atoms with Crippen molar-refractivity contribution in [1.82, 2.24) is 0 Å². The molecule has 2 bridgehead atoms. The normalized spacial score (nSPS) is 31.4. The minimum absolute atomic E-state index is 0.538.